The highest BCUT2D eigenvalue weighted by molar-refractivity contribution is 8.14. The summed E-state index contributed by atoms with van der Waals surface area (Å²) in [5.74, 6) is 5.03. The maximum atomic E-state index is 13.8. The van der Waals surface area contributed by atoms with Crippen molar-refractivity contribution < 1.29 is 12.8 Å². The zero-order valence-electron chi connectivity index (χ0n) is 10.2. The molecule has 0 aliphatic heterocycles. The summed E-state index contributed by atoms with van der Waals surface area (Å²) in [5, 5.41) is 0.0296. The van der Waals surface area contributed by atoms with Gasteiger partial charge in [0, 0.05) is 29.8 Å². The van der Waals surface area contributed by atoms with Crippen molar-refractivity contribution in [2.45, 2.75) is 24.8 Å². The lowest BCUT2D eigenvalue weighted by Gasteiger charge is -2.01. The minimum atomic E-state index is -3.99. The van der Waals surface area contributed by atoms with Crippen molar-refractivity contribution in [2.75, 3.05) is 0 Å². The molecule has 0 aliphatic rings. The Hall–Kier alpha value is -1.51. The van der Waals surface area contributed by atoms with E-state index in [0.29, 0.717) is 18.5 Å². The molecule has 6 heteroatoms. The third kappa shape index (κ3) is 2.75. The Bertz CT molecular complexity index is 784. The second kappa shape index (κ2) is 5.24. The summed E-state index contributed by atoms with van der Waals surface area (Å²) in [6.45, 7) is 2.20. The topological polar surface area (TPSA) is 39.1 Å². The Labute approximate surface area is 115 Å². The van der Waals surface area contributed by atoms with E-state index in [9.17, 15) is 12.8 Å². The van der Waals surface area contributed by atoms with Crippen molar-refractivity contribution in [1.29, 1.82) is 0 Å². The number of benzene rings is 1. The molecule has 2 rings (SSSR count). The average molecular weight is 300 g/mol. The fourth-order valence-corrected chi connectivity index (χ4v) is 2.99. The monoisotopic (exact) mass is 299 g/mol. The molecule has 19 heavy (non-hydrogen) atoms. The van der Waals surface area contributed by atoms with Crippen LogP contribution in [0.1, 0.15) is 13.3 Å². The molecule has 0 atom stereocenters. The van der Waals surface area contributed by atoms with Gasteiger partial charge in [-0.1, -0.05) is 6.07 Å². The number of hydrogen-bond acceptors (Lipinski definition) is 2. The van der Waals surface area contributed by atoms with E-state index < -0.39 is 14.9 Å². The lowest BCUT2D eigenvalue weighted by Crippen LogP contribution is -1.95. The van der Waals surface area contributed by atoms with Crippen LogP contribution in [0.2, 0.25) is 0 Å². The quantitative estimate of drug-likeness (QED) is 0.645. The molecule has 2 aromatic rings. The molecule has 1 aromatic heterocycles. The second-order valence-electron chi connectivity index (χ2n) is 3.94. The molecule has 0 amide bonds. The van der Waals surface area contributed by atoms with Crippen LogP contribution in [-0.2, 0) is 15.6 Å². The van der Waals surface area contributed by atoms with Crippen molar-refractivity contribution in [3.8, 4) is 11.8 Å². The first-order valence-electron chi connectivity index (χ1n) is 5.57. The standard InChI is InChI=1S/C13H11ClFNO2S/c1-2-3-4-8-16-9-12(19(14,17)18)13-10(15)6-5-7-11(13)16/h5-7,9H,4,8H2,1H3. The number of aromatic nitrogens is 1. The van der Waals surface area contributed by atoms with Crippen LogP contribution in [0.3, 0.4) is 0 Å². The largest absolute Gasteiger partial charge is 0.345 e. The van der Waals surface area contributed by atoms with Crippen molar-refractivity contribution >= 4 is 30.6 Å². The highest BCUT2D eigenvalue weighted by Crippen LogP contribution is 2.30. The van der Waals surface area contributed by atoms with Gasteiger partial charge in [0.25, 0.3) is 9.05 Å². The summed E-state index contributed by atoms with van der Waals surface area (Å²) >= 11 is 0. The molecule has 0 spiro atoms. The van der Waals surface area contributed by atoms with Gasteiger partial charge in [0.2, 0.25) is 0 Å². The van der Waals surface area contributed by atoms with E-state index in [1.54, 1.807) is 17.6 Å². The van der Waals surface area contributed by atoms with Gasteiger partial charge >= 0.3 is 0 Å². The first-order chi connectivity index (χ1) is 8.95. The fourth-order valence-electron chi connectivity index (χ4n) is 1.94. The van der Waals surface area contributed by atoms with E-state index in [1.165, 1.54) is 18.3 Å². The highest BCUT2D eigenvalue weighted by Gasteiger charge is 2.21. The number of rotatable bonds is 3. The molecule has 100 valence electrons. The molecule has 1 heterocycles. The van der Waals surface area contributed by atoms with Crippen molar-refractivity contribution in [3.63, 3.8) is 0 Å². The van der Waals surface area contributed by atoms with E-state index in [-0.39, 0.29) is 10.3 Å². The number of hydrogen-bond donors (Lipinski definition) is 0. The maximum absolute atomic E-state index is 13.8. The Morgan fingerprint density at radius 2 is 2.16 bits per heavy atom. The minimum Gasteiger partial charge on any atom is -0.345 e. The lowest BCUT2D eigenvalue weighted by molar-refractivity contribution is 0.607. The molecular formula is C13H11ClFNO2S. The third-order valence-corrected chi connectivity index (χ3v) is 4.07. The molecule has 0 radical (unpaired) electrons. The van der Waals surface area contributed by atoms with Crippen molar-refractivity contribution in [3.05, 3.63) is 30.2 Å². The van der Waals surface area contributed by atoms with E-state index in [1.807, 2.05) is 0 Å². The Morgan fingerprint density at radius 3 is 2.79 bits per heavy atom. The molecule has 0 aliphatic carbocycles. The van der Waals surface area contributed by atoms with E-state index in [4.69, 9.17) is 10.7 Å². The normalized spacial score (nSPS) is 11.3. The van der Waals surface area contributed by atoms with Crippen LogP contribution in [-0.4, -0.2) is 13.0 Å². The van der Waals surface area contributed by atoms with Gasteiger partial charge in [0.15, 0.2) is 0 Å². The Morgan fingerprint density at radius 1 is 1.42 bits per heavy atom. The van der Waals surface area contributed by atoms with Gasteiger partial charge in [-0.3, -0.25) is 0 Å². The smallest absolute Gasteiger partial charge is 0.263 e. The first-order valence-corrected chi connectivity index (χ1v) is 7.87. The highest BCUT2D eigenvalue weighted by atomic mass is 35.7. The number of fused-ring (bicyclic) bond motifs is 1. The minimum absolute atomic E-state index is 0.0296. The SMILES string of the molecule is CC#CCCn1cc(S(=O)(=O)Cl)c2c(F)cccc21. The zero-order chi connectivity index (χ0) is 14.0. The third-order valence-electron chi connectivity index (χ3n) is 2.74. The van der Waals surface area contributed by atoms with Gasteiger partial charge in [0.1, 0.15) is 10.7 Å². The fraction of sp³-hybridized carbons (Fsp3) is 0.231. The summed E-state index contributed by atoms with van der Waals surface area (Å²) in [6.07, 6.45) is 1.91. The van der Waals surface area contributed by atoms with Gasteiger partial charge in [-0.25, -0.2) is 12.8 Å². The Balaban J connectivity index is 2.66. The van der Waals surface area contributed by atoms with Gasteiger partial charge < -0.3 is 4.57 Å². The van der Waals surface area contributed by atoms with Crippen LogP contribution >= 0.6 is 10.7 Å². The predicted octanol–water partition coefficient (Wildman–Crippen LogP) is 3.12. The molecule has 0 bridgehead atoms. The van der Waals surface area contributed by atoms with Crippen LogP contribution in [0.5, 0.6) is 0 Å². The Kier molecular flexibility index (Phi) is 3.83. The average Bonchev–Trinajstić information content (AvgIpc) is 2.70. The molecule has 0 N–H and O–H groups in total. The molecule has 0 fully saturated rings. The van der Waals surface area contributed by atoms with Crippen molar-refractivity contribution in [1.82, 2.24) is 4.57 Å². The number of halogens is 2. The summed E-state index contributed by atoms with van der Waals surface area (Å²) in [5.41, 5.74) is 0.497. The van der Waals surface area contributed by atoms with Crippen LogP contribution in [0.4, 0.5) is 4.39 Å². The van der Waals surface area contributed by atoms with E-state index in [0.717, 1.165) is 0 Å². The van der Waals surface area contributed by atoms with Crippen LogP contribution in [0.15, 0.2) is 29.3 Å². The van der Waals surface area contributed by atoms with Crippen LogP contribution in [0, 0.1) is 17.7 Å². The first kappa shape index (κ1) is 13.9. The molecule has 0 saturated carbocycles. The van der Waals surface area contributed by atoms with Crippen LogP contribution in [0.25, 0.3) is 10.9 Å². The van der Waals surface area contributed by atoms with Gasteiger partial charge in [0.05, 0.1) is 10.9 Å². The molecule has 0 unspecified atom stereocenters. The number of aryl methyl sites for hydroxylation is 1. The summed E-state index contributed by atoms with van der Waals surface area (Å²) < 4.78 is 38.5. The molecule has 3 nitrogen and oxygen atoms in total. The zero-order valence-corrected chi connectivity index (χ0v) is 11.7. The van der Waals surface area contributed by atoms with Crippen molar-refractivity contribution in [2.24, 2.45) is 0 Å². The van der Waals surface area contributed by atoms with Gasteiger partial charge in [-0.15, -0.1) is 11.8 Å². The maximum Gasteiger partial charge on any atom is 0.263 e. The van der Waals surface area contributed by atoms with E-state index >= 15 is 0 Å². The summed E-state index contributed by atoms with van der Waals surface area (Å²) in [7, 11) is 1.36. The predicted molar refractivity (Wildman–Crippen MR) is 73.0 cm³/mol. The van der Waals surface area contributed by atoms with Gasteiger partial charge in [-0.2, -0.15) is 0 Å². The van der Waals surface area contributed by atoms with Gasteiger partial charge in [-0.05, 0) is 19.1 Å². The van der Waals surface area contributed by atoms with E-state index in [2.05, 4.69) is 11.8 Å². The molecule has 0 saturated heterocycles. The second-order valence-corrected chi connectivity index (χ2v) is 6.47. The molecular weight excluding hydrogens is 289 g/mol. The van der Waals surface area contributed by atoms with Crippen LogP contribution < -0.4 is 0 Å². The lowest BCUT2D eigenvalue weighted by atomic mass is 10.2. The summed E-state index contributed by atoms with van der Waals surface area (Å²) in [4.78, 5) is -0.202. The summed E-state index contributed by atoms with van der Waals surface area (Å²) in [6, 6.07) is 4.40. The molecule has 1 aromatic carbocycles. The number of nitrogens with zero attached hydrogens (tertiary/aromatic N) is 1.